The number of hydrogen-bond donors (Lipinski definition) is 1. The van der Waals surface area contributed by atoms with Crippen LogP contribution < -0.4 is 5.32 Å². The van der Waals surface area contributed by atoms with Crippen molar-refractivity contribution in [1.82, 2.24) is 9.78 Å². The lowest BCUT2D eigenvalue weighted by molar-refractivity contribution is -0.119. The van der Waals surface area contributed by atoms with Crippen molar-refractivity contribution in [2.45, 2.75) is 20.4 Å². The van der Waals surface area contributed by atoms with Crippen LogP contribution in [0.25, 0.3) is 0 Å². The zero-order valence-corrected chi connectivity index (χ0v) is 17.0. The fourth-order valence-corrected chi connectivity index (χ4v) is 3.11. The summed E-state index contributed by atoms with van der Waals surface area (Å²) in [6.07, 6.45) is 0. The molecule has 0 atom stereocenters. The lowest BCUT2D eigenvalue weighted by Crippen LogP contribution is -2.22. The summed E-state index contributed by atoms with van der Waals surface area (Å²) >= 11 is 6.18. The minimum Gasteiger partial charge on any atom is -0.452 e. The summed E-state index contributed by atoms with van der Waals surface area (Å²) in [6, 6.07) is 10.0. The fourth-order valence-electron chi connectivity index (χ4n) is 2.91. The molecule has 9 heteroatoms. The SMILES string of the molecule is Cc1nn(Cc2ccccc2Cl)c(C)c1C(=O)OCC(=O)Nc1ccc(F)cc1F. The normalized spacial score (nSPS) is 10.7. The summed E-state index contributed by atoms with van der Waals surface area (Å²) in [5.74, 6) is -3.18. The molecule has 156 valence electrons. The number of aromatic nitrogens is 2. The maximum atomic E-state index is 13.6. The predicted molar refractivity (Wildman–Crippen MR) is 108 cm³/mol. The molecule has 0 unspecified atom stereocenters. The van der Waals surface area contributed by atoms with Gasteiger partial charge in [-0.3, -0.25) is 9.48 Å². The van der Waals surface area contributed by atoms with E-state index in [9.17, 15) is 18.4 Å². The van der Waals surface area contributed by atoms with E-state index in [1.807, 2.05) is 18.2 Å². The molecule has 0 radical (unpaired) electrons. The Bertz CT molecular complexity index is 1110. The largest absolute Gasteiger partial charge is 0.452 e. The standard InChI is InChI=1S/C21H18ClF2N3O3/c1-12-20(13(2)27(26-12)10-14-5-3-4-6-16(14)22)21(29)30-11-19(28)25-18-8-7-15(23)9-17(18)24/h3-9H,10-11H2,1-2H3,(H,25,28). The minimum atomic E-state index is -0.929. The van der Waals surface area contributed by atoms with Crippen molar-refractivity contribution in [1.29, 1.82) is 0 Å². The van der Waals surface area contributed by atoms with Crippen LogP contribution in [0, 0.1) is 25.5 Å². The summed E-state index contributed by atoms with van der Waals surface area (Å²) in [5, 5.41) is 7.16. The number of halogens is 3. The second-order valence-corrected chi connectivity index (χ2v) is 6.95. The molecular weight excluding hydrogens is 416 g/mol. The Morgan fingerprint density at radius 2 is 1.90 bits per heavy atom. The van der Waals surface area contributed by atoms with Gasteiger partial charge < -0.3 is 10.1 Å². The van der Waals surface area contributed by atoms with Crippen molar-refractivity contribution in [3.8, 4) is 0 Å². The quantitative estimate of drug-likeness (QED) is 0.589. The summed E-state index contributed by atoms with van der Waals surface area (Å²) in [4.78, 5) is 24.4. The van der Waals surface area contributed by atoms with Crippen molar-refractivity contribution in [3.05, 3.63) is 81.6 Å². The van der Waals surface area contributed by atoms with Gasteiger partial charge in [0.15, 0.2) is 6.61 Å². The van der Waals surface area contributed by atoms with E-state index in [1.165, 1.54) is 0 Å². The van der Waals surface area contributed by atoms with Gasteiger partial charge in [0.1, 0.15) is 17.2 Å². The van der Waals surface area contributed by atoms with Gasteiger partial charge in [-0.15, -0.1) is 0 Å². The Labute approximate surface area is 176 Å². The Balaban J connectivity index is 1.66. The summed E-state index contributed by atoms with van der Waals surface area (Å²) < 4.78 is 33.2. The van der Waals surface area contributed by atoms with Gasteiger partial charge in [0.2, 0.25) is 0 Å². The first-order valence-electron chi connectivity index (χ1n) is 8.95. The molecule has 1 N–H and O–H groups in total. The molecule has 0 saturated heterocycles. The van der Waals surface area contributed by atoms with E-state index in [2.05, 4.69) is 10.4 Å². The molecule has 0 aliphatic carbocycles. The number of nitrogens with zero attached hydrogens (tertiary/aromatic N) is 2. The zero-order valence-electron chi connectivity index (χ0n) is 16.2. The Morgan fingerprint density at radius 1 is 1.17 bits per heavy atom. The van der Waals surface area contributed by atoms with Crippen molar-refractivity contribution < 1.29 is 23.1 Å². The first-order valence-corrected chi connectivity index (χ1v) is 9.33. The first kappa shape index (κ1) is 21.4. The Morgan fingerprint density at radius 3 is 2.60 bits per heavy atom. The third kappa shape index (κ3) is 4.83. The molecule has 1 heterocycles. The molecule has 3 aromatic rings. The van der Waals surface area contributed by atoms with Crippen molar-refractivity contribution >= 4 is 29.2 Å². The molecule has 1 amide bonds. The van der Waals surface area contributed by atoms with Gasteiger partial charge in [-0.2, -0.15) is 5.10 Å². The van der Waals surface area contributed by atoms with Crippen LogP contribution in [0.1, 0.15) is 27.3 Å². The smallest absolute Gasteiger partial charge is 0.342 e. The molecule has 1 aromatic heterocycles. The second kappa shape index (κ2) is 9.04. The van der Waals surface area contributed by atoms with E-state index in [4.69, 9.17) is 16.3 Å². The number of nitrogens with one attached hydrogen (secondary N) is 1. The van der Waals surface area contributed by atoms with E-state index in [0.717, 1.165) is 17.7 Å². The van der Waals surface area contributed by atoms with Crippen molar-refractivity contribution in [2.75, 3.05) is 11.9 Å². The highest BCUT2D eigenvalue weighted by Gasteiger charge is 2.21. The van der Waals surface area contributed by atoms with E-state index in [1.54, 1.807) is 24.6 Å². The number of benzene rings is 2. The molecular formula is C21H18ClF2N3O3. The number of carbonyl (C=O) groups excluding carboxylic acids is 2. The highest BCUT2D eigenvalue weighted by atomic mass is 35.5. The van der Waals surface area contributed by atoms with Crippen LogP contribution in [0.3, 0.4) is 0 Å². The molecule has 0 saturated carbocycles. The van der Waals surface area contributed by atoms with Crippen LogP contribution in [-0.4, -0.2) is 28.3 Å². The minimum absolute atomic E-state index is 0.211. The monoisotopic (exact) mass is 433 g/mol. The molecule has 2 aromatic carbocycles. The lowest BCUT2D eigenvalue weighted by Gasteiger charge is -2.09. The van der Waals surface area contributed by atoms with Crippen molar-refractivity contribution in [3.63, 3.8) is 0 Å². The maximum absolute atomic E-state index is 13.6. The van der Waals surface area contributed by atoms with Gasteiger partial charge in [-0.05, 0) is 37.6 Å². The molecule has 0 fully saturated rings. The number of aryl methyl sites for hydroxylation is 1. The van der Waals surface area contributed by atoms with Gasteiger partial charge in [0.05, 0.1) is 23.6 Å². The van der Waals surface area contributed by atoms with E-state index in [0.29, 0.717) is 29.0 Å². The van der Waals surface area contributed by atoms with E-state index >= 15 is 0 Å². The third-order valence-corrected chi connectivity index (χ3v) is 4.77. The average molecular weight is 434 g/mol. The molecule has 0 aliphatic rings. The summed E-state index contributed by atoms with van der Waals surface area (Å²) in [5.41, 5.74) is 1.86. The van der Waals surface area contributed by atoms with Gasteiger partial charge >= 0.3 is 5.97 Å². The van der Waals surface area contributed by atoms with Gasteiger partial charge in [0, 0.05) is 11.1 Å². The fraction of sp³-hybridized carbons (Fsp3) is 0.190. The number of rotatable bonds is 6. The molecule has 30 heavy (non-hydrogen) atoms. The lowest BCUT2D eigenvalue weighted by atomic mass is 10.2. The number of ether oxygens (including phenoxy) is 1. The van der Waals surface area contributed by atoms with Gasteiger partial charge in [-0.1, -0.05) is 29.8 Å². The van der Waals surface area contributed by atoms with Crippen LogP contribution in [0.2, 0.25) is 5.02 Å². The van der Waals surface area contributed by atoms with Crippen molar-refractivity contribution in [2.24, 2.45) is 0 Å². The summed E-state index contributed by atoms with van der Waals surface area (Å²) in [6.45, 7) is 3.09. The molecule has 6 nitrogen and oxygen atoms in total. The zero-order chi connectivity index (χ0) is 21.8. The molecule has 3 rings (SSSR count). The van der Waals surface area contributed by atoms with Crippen LogP contribution in [0.5, 0.6) is 0 Å². The topological polar surface area (TPSA) is 73.2 Å². The number of esters is 1. The second-order valence-electron chi connectivity index (χ2n) is 6.54. The van der Waals surface area contributed by atoms with Crippen LogP contribution in [-0.2, 0) is 16.1 Å². The highest BCUT2D eigenvalue weighted by molar-refractivity contribution is 6.31. The predicted octanol–water partition coefficient (Wildman–Crippen LogP) is 4.28. The number of carbonyl (C=O) groups is 2. The first-order chi connectivity index (χ1) is 14.3. The highest BCUT2D eigenvalue weighted by Crippen LogP contribution is 2.20. The third-order valence-electron chi connectivity index (χ3n) is 4.40. The maximum Gasteiger partial charge on any atom is 0.342 e. The number of amides is 1. The van der Waals surface area contributed by atoms with Crippen LogP contribution in [0.4, 0.5) is 14.5 Å². The van der Waals surface area contributed by atoms with Crippen LogP contribution in [0.15, 0.2) is 42.5 Å². The van der Waals surface area contributed by atoms with Crippen LogP contribution >= 0.6 is 11.6 Å². The van der Waals surface area contributed by atoms with Gasteiger partial charge in [0.25, 0.3) is 5.91 Å². The van der Waals surface area contributed by atoms with Gasteiger partial charge in [-0.25, -0.2) is 13.6 Å². The molecule has 0 aliphatic heterocycles. The summed E-state index contributed by atoms with van der Waals surface area (Å²) in [7, 11) is 0. The Hall–Kier alpha value is -3.26. The molecule has 0 spiro atoms. The number of hydrogen-bond acceptors (Lipinski definition) is 4. The molecule has 0 bridgehead atoms. The Kier molecular flexibility index (Phi) is 6.47. The van der Waals surface area contributed by atoms with E-state index < -0.39 is 30.1 Å². The van der Waals surface area contributed by atoms with E-state index in [-0.39, 0.29) is 11.3 Å². The number of anilines is 1. The average Bonchev–Trinajstić information content (AvgIpc) is 2.97.